The van der Waals surface area contributed by atoms with Crippen molar-refractivity contribution in [2.24, 2.45) is 7.05 Å². The highest BCUT2D eigenvalue weighted by Gasteiger charge is 2.23. The largest absolute Gasteiger partial charge is 0.300 e. The summed E-state index contributed by atoms with van der Waals surface area (Å²) in [6, 6.07) is 4.44. The van der Waals surface area contributed by atoms with Crippen LogP contribution in [0.1, 0.15) is 5.56 Å². The molecule has 0 aliphatic rings. The molecule has 106 valence electrons. The van der Waals surface area contributed by atoms with E-state index in [1.807, 2.05) is 0 Å². The van der Waals surface area contributed by atoms with Gasteiger partial charge in [0.05, 0.1) is 4.92 Å². The maximum atomic E-state index is 11.3. The molecule has 0 aliphatic heterocycles. The Morgan fingerprint density at radius 2 is 2.00 bits per heavy atom. The molecule has 0 bridgehead atoms. The van der Waals surface area contributed by atoms with Crippen LogP contribution in [0.5, 0.6) is 0 Å². The number of benzene rings is 1. The molecule has 0 saturated carbocycles. The summed E-state index contributed by atoms with van der Waals surface area (Å²) in [4.78, 5) is 10.4. The lowest BCUT2D eigenvalue weighted by Crippen LogP contribution is -2.03. The van der Waals surface area contributed by atoms with Crippen LogP contribution >= 0.6 is 10.7 Å². The molecular formula is C10H9ClN4O4S. The lowest BCUT2D eigenvalue weighted by atomic mass is 10.1. The number of nitro benzene ring substituents is 1. The van der Waals surface area contributed by atoms with Gasteiger partial charge in [-0.25, -0.2) is 8.42 Å². The Hall–Kier alpha value is -2.00. The summed E-state index contributed by atoms with van der Waals surface area (Å²) in [5.74, 6) is 0.186. The second kappa shape index (κ2) is 4.84. The van der Waals surface area contributed by atoms with Gasteiger partial charge in [-0.15, -0.1) is 10.2 Å². The second-order valence-corrected chi connectivity index (χ2v) is 6.47. The van der Waals surface area contributed by atoms with E-state index in [1.54, 1.807) is 13.0 Å². The van der Waals surface area contributed by atoms with Gasteiger partial charge < -0.3 is 0 Å². The summed E-state index contributed by atoms with van der Waals surface area (Å²) in [7, 11) is 2.61. The van der Waals surface area contributed by atoms with Crippen molar-refractivity contribution in [3.63, 3.8) is 0 Å². The van der Waals surface area contributed by atoms with E-state index >= 15 is 0 Å². The fourth-order valence-corrected chi connectivity index (χ4v) is 2.78. The first-order valence-corrected chi connectivity index (χ1v) is 7.63. The minimum atomic E-state index is -4.03. The van der Waals surface area contributed by atoms with Crippen molar-refractivity contribution < 1.29 is 13.3 Å². The topological polar surface area (TPSA) is 108 Å². The van der Waals surface area contributed by atoms with Gasteiger partial charge in [-0.05, 0) is 6.92 Å². The first kappa shape index (κ1) is 14.4. The molecule has 1 aromatic carbocycles. The normalized spacial score (nSPS) is 11.6. The zero-order valence-electron chi connectivity index (χ0n) is 10.4. The van der Waals surface area contributed by atoms with Crippen LogP contribution in [0.3, 0.4) is 0 Å². The summed E-state index contributed by atoms with van der Waals surface area (Å²) in [5, 5.41) is 17.7. The van der Waals surface area contributed by atoms with E-state index in [0.29, 0.717) is 11.1 Å². The average molecular weight is 317 g/mol. The molecule has 0 atom stereocenters. The highest BCUT2D eigenvalue weighted by molar-refractivity contribution is 8.13. The quantitative estimate of drug-likeness (QED) is 0.483. The molecule has 20 heavy (non-hydrogen) atoms. The van der Waals surface area contributed by atoms with Gasteiger partial charge in [0.2, 0.25) is 0 Å². The van der Waals surface area contributed by atoms with Crippen LogP contribution in [0.25, 0.3) is 11.4 Å². The number of rotatable bonds is 3. The number of hydrogen-bond donors (Lipinski definition) is 0. The Morgan fingerprint density at radius 3 is 2.50 bits per heavy atom. The average Bonchev–Trinajstić information content (AvgIpc) is 2.70. The molecule has 0 radical (unpaired) electrons. The fraction of sp³-hybridized carbons (Fsp3) is 0.200. The molecule has 1 heterocycles. The molecule has 1 aromatic heterocycles. The summed E-state index contributed by atoms with van der Waals surface area (Å²) in [5.41, 5.74) is 0.702. The van der Waals surface area contributed by atoms with Gasteiger partial charge in [0.25, 0.3) is 19.9 Å². The third-order valence-corrected chi connectivity index (χ3v) is 4.00. The first-order chi connectivity index (χ1) is 9.23. The number of halogens is 1. The lowest BCUT2D eigenvalue weighted by Gasteiger charge is -2.06. The highest BCUT2D eigenvalue weighted by atomic mass is 35.7. The van der Waals surface area contributed by atoms with Crippen LogP contribution in [0, 0.1) is 17.0 Å². The fourth-order valence-electron chi connectivity index (χ4n) is 1.83. The van der Waals surface area contributed by atoms with Crippen molar-refractivity contribution >= 4 is 25.4 Å². The molecule has 10 heteroatoms. The van der Waals surface area contributed by atoms with E-state index in [4.69, 9.17) is 10.7 Å². The van der Waals surface area contributed by atoms with Gasteiger partial charge in [0.15, 0.2) is 5.82 Å². The molecule has 0 N–H and O–H groups in total. The van der Waals surface area contributed by atoms with Crippen molar-refractivity contribution in [3.8, 4) is 11.4 Å². The van der Waals surface area contributed by atoms with E-state index < -0.39 is 19.1 Å². The summed E-state index contributed by atoms with van der Waals surface area (Å²) >= 11 is 0. The molecule has 0 fully saturated rings. The van der Waals surface area contributed by atoms with Gasteiger partial charge in [-0.2, -0.15) is 0 Å². The summed E-state index contributed by atoms with van der Waals surface area (Å²) in [6.07, 6.45) is 0. The molecule has 8 nitrogen and oxygen atoms in total. The second-order valence-electron chi connectivity index (χ2n) is 4.01. The molecule has 2 aromatic rings. The molecule has 0 unspecified atom stereocenters. The molecule has 0 amide bonds. The van der Waals surface area contributed by atoms with Crippen molar-refractivity contribution in [3.05, 3.63) is 33.9 Å². The minimum absolute atomic E-state index is 0.0826. The first-order valence-electron chi connectivity index (χ1n) is 5.32. The van der Waals surface area contributed by atoms with Gasteiger partial charge in [-0.1, -0.05) is 12.1 Å². The molecule has 0 aliphatic carbocycles. The Morgan fingerprint density at radius 1 is 1.35 bits per heavy atom. The third-order valence-electron chi connectivity index (χ3n) is 2.80. The highest BCUT2D eigenvalue weighted by Crippen LogP contribution is 2.29. The van der Waals surface area contributed by atoms with E-state index in [2.05, 4.69) is 10.2 Å². The number of nitrogens with zero attached hydrogens (tertiary/aromatic N) is 4. The monoisotopic (exact) mass is 316 g/mol. The van der Waals surface area contributed by atoms with E-state index in [0.717, 1.165) is 0 Å². The van der Waals surface area contributed by atoms with Crippen molar-refractivity contribution in [2.45, 2.75) is 12.1 Å². The Balaban J connectivity index is 2.68. The van der Waals surface area contributed by atoms with Gasteiger partial charge in [0.1, 0.15) is 0 Å². The lowest BCUT2D eigenvalue weighted by molar-refractivity contribution is -0.385. The van der Waals surface area contributed by atoms with Crippen LogP contribution < -0.4 is 0 Å². The van der Waals surface area contributed by atoms with Gasteiger partial charge >= 0.3 is 0 Å². The van der Waals surface area contributed by atoms with Crippen molar-refractivity contribution in [1.82, 2.24) is 14.8 Å². The smallest absolute Gasteiger partial charge is 0.296 e. The van der Waals surface area contributed by atoms with Gasteiger partial charge in [-0.3, -0.25) is 14.7 Å². The number of nitro groups is 1. The number of aromatic nitrogens is 3. The zero-order chi connectivity index (χ0) is 15.1. The maximum Gasteiger partial charge on any atom is 0.296 e. The van der Waals surface area contributed by atoms with Crippen LogP contribution in [0.4, 0.5) is 5.69 Å². The van der Waals surface area contributed by atoms with Crippen LogP contribution in [-0.2, 0) is 16.1 Å². The molecule has 0 spiro atoms. The van der Waals surface area contributed by atoms with Gasteiger partial charge in [0, 0.05) is 34.9 Å². The van der Waals surface area contributed by atoms with E-state index in [1.165, 1.54) is 23.7 Å². The summed E-state index contributed by atoms with van der Waals surface area (Å²) < 4.78 is 23.8. The summed E-state index contributed by atoms with van der Waals surface area (Å²) in [6.45, 7) is 1.55. The van der Waals surface area contributed by atoms with Crippen LogP contribution in [-0.4, -0.2) is 28.1 Å². The van der Waals surface area contributed by atoms with Crippen molar-refractivity contribution in [2.75, 3.05) is 0 Å². The molecule has 0 saturated heterocycles. The van der Waals surface area contributed by atoms with E-state index in [-0.39, 0.29) is 11.5 Å². The Bertz CT molecular complexity index is 800. The standard InChI is InChI=1S/C10H9ClN4O4S/c1-6-7(4-3-5-8(6)15(16)17)9-12-13-10(14(9)2)20(11,18)19/h3-5H,1-2H3. The predicted octanol–water partition coefficient (Wildman–Crippen LogP) is 1.63. The van der Waals surface area contributed by atoms with E-state index in [9.17, 15) is 18.5 Å². The maximum absolute atomic E-state index is 11.3. The molecular weight excluding hydrogens is 308 g/mol. The Labute approximate surface area is 118 Å². The zero-order valence-corrected chi connectivity index (χ0v) is 12.0. The van der Waals surface area contributed by atoms with Crippen molar-refractivity contribution in [1.29, 1.82) is 0 Å². The molecule has 2 rings (SSSR count). The minimum Gasteiger partial charge on any atom is -0.300 e. The third kappa shape index (κ3) is 2.37. The predicted molar refractivity (Wildman–Crippen MR) is 70.9 cm³/mol. The Kier molecular flexibility index (Phi) is 3.48. The number of hydrogen-bond acceptors (Lipinski definition) is 6. The van der Waals surface area contributed by atoms with Crippen LogP contribution in [0.2, 0.25) is 0 Å². The SMILES string of the molecule is Cc1c(-c2nnc(S(=O)(=O)Cl)n2C)cccc1[N+](=O)[O-]. The van der Waals surface area contributed by atoms with Crippen LogP contribution in [0.15, 0.2) is 23.4 Å².